The molecule has 2 atom stereocenters. The molecule has 0 bridgehead atoms. The molecule has 2 N–H and O–H groups in total. The fourth-order valence-corrected chi connectivity index (χ4v) is 1.92. The van der Waals surface area contributed by atoms with E-state index in [0.29, 0.717) is 11.6 Å². The van der Waals surface area contributed by atoms with Crippen LogP contribution in [-0.4, -0.2) is 29.9 Å². The van der Waals surface area contributed by atoms with Gasteiger partial charge in [0.05, 0.1) is 22.9 Å². The molecule has 0 aliphatic carbocycles. The number of rotatable bonds is 4. The summed E-state index contributed by atoms with van der Waals surface area (Å²) in [4.78, 5) is 1.89. The van der Waals surface area contributed by atoms with E-state index in [2.05, 4.69) is 0 Å². The van der Waals surface area contributed by atoms with E-state index < -0.39 is 12.2 Å². The van der Waals surface area contributed by atoms with Gasteiger partial charge in [0, 0.05) is 13.6 Å². The predicted octanol–water partition coefficient (Wildman–Crippen LogP) is 2.21. The average Bonchev–Trinajstić information content (AvgIpc) is 2.15. The lowest BCUT2D eigenvalue weighted by molar-refractivity contribution is 0.199. The van der Waals surface area contributed by atoms with Gasteiger partial charge < -0.3 is 15.1 Å². The molecule has 1 aromatic carbocycles. The first-order valence-corrected chi connectivity index (χ1v) is 5.66. The Morgan fingerprint density at radius 2 is 1.94 bits per heavy atom. The van der Waals surface area contributed by atoms with E-state index in [1.54, 1.807) is 19.9 Å². The third-order valence-corrected chi connectivity index (χ3v) is 2.71. The van der Waals surface area contributed by atoms with Crippen LogP contribution in [-0.2, 0) is 0 Å². The zero-order valence-electron chi connectivity index (χ0n) is 9.81. The van der Waals surface area contributed by atoms with Crippen molar-refractivity contribution in [3.8, 4) is 0 Å². The number of aliphatic hydroxyl groups excluding tert-OH is 2. The first-order chi connectivity index (χ1) is 7.41. The molecule has 1 aromatic rings. The zero-order valence-corrected chi connectivity index (χ0v) is 10.6. The zero-order chi connectivity index (χ0) is 12.3. The van der Waals surface area contributed by atoms with E-state index in [-0.39, 0.29) is 0 Å². The molecule has 2 unspecified atom stereocenters. The maximum atomic E-state index is 9.41. The van der Waals surface area contributed by atoms with Crippen molar-refractivity contribution >= 4 is 17.3 Å². The summed E-state index contributed by atoms with van der Waals surface area (Å²) >= 11 is 6.12. The van der Waals surface area contributed by atoms with Crippen LogP contribution in [0.2, 0.25) is 5.02 Å². The van der Waals surface area contributed by atoms with Gasteiger partial charge in [-0.05, 0) is 31.5 Å². The van der Waals surface area contributed by atoms with Gasteiger partial charge in [-0.25, -0.2) is 0 Å². The highest BCUT2D eigenvalue weighted by atomic mass is 35.5. The number of aliphatic hydroxyl groups is 2. The molecule has 0 aliphatic rings. The smallest absolute Gasteiger partial charge is 0.0762 e. The molecule has 90 valence electrons. The number of benzene rings is 1. The van der Waals surface area contributed by atoms with Crippen LogP contribution < -0.4 is 4.90 Å². The molecular weight excluding hydrogens is 226 g/mol. The molecule has 0 saturated heterocycles. The summed E-state index contributed by atoms with van der Waals surface area (Å²) in [7, 11) is 1.87. The Bertz CT molecular complexity index is 353. The largest absolute Gasteiger partial charge is 0.392 e. The fourth-order valence-electron chi connectivity index (χ4n) is 1.59. The minimum Gasteiger partial charge on any atom is -0.392 e. The molecule has 0 heterocycles. The molecular formula is C12H18ClNO2. The first-order valence-electron chi connectivity index (χ1n) is 5.28. The Morgan fingerprint density at radius 3 is 2.38 bits per heavy atom. The summed E-state index contributed by atoms with van der Waals surface area (Å²) < 4.78 is 0. The number of halogens is 1. The normalized spacial score (nSPS) is 14.6. The van der Waals surface area contributed by atoms with Crippen LogP contribution in [0.5, 0.6) is 0 Å². The Labute approximate surface area is 101 Å². The van der Waals surface area contributed by atoms with Gasteiger partial charge in [0.15, 0.2) is 0 Å². The van der Waals surface area contributed by atoms with Crippen molar-refractivity contribution in [3.05, 3.63) is 28.8 Å². The summed E-state index contributed by atoms with van der Waals surface area (Å²) in [6, 6.07) is 5.44. The number of hydrogen-bond donors (Lipinski definition) is 2. The highest BCUT2D eigenvalue weighted by Crippen LogP contribution is 2.28. The monoisotopic (exact) mass is 243 g/mol. The predicted molar refractivity (Wildman–Crippen MR) is 67.0 cm³/mol. The quantitative estimate of drug-likeness (QED) is 0.852. The second kappa shape index (κ2) is 5.53. The molecule has 0 fully saturated rings. The Balaban J connectivity index is 2.90. The lowest BCUT2D eigenvalue weighted by Gasteiger charge is -2.22. The van der Waals surface area contributed by atoms with Crippen LogP contribution in [0.3, 0.4) is 0 Å². The van der Waals surface area contributed by atoms with Crippen molar-refractivity contribution in [2.45, 2.75) is 26.1 Å². The Hall–Kier alpha value is -0.770. The number of nitrogens with zero attached hydrogens (tertiary/aromatic N) is 1. The van der Waals surface area contributed by atoms with Crippen molar-refractivity contribution in [1.29, 1.82) is 0 Å². The summed E-state index contributed by atoms with van der Waals surface area (Å²) in [5.41, 5.74) is 1.64. The van der Waals surface area contributed by atoms with Crippen molar-refractivity contribution in [1.82, 2.24) is 0 Å². The van der Waals surface area contributed by atoms with Gasteiger partial charge in [-0.3, -0.25) is 0 Å². The van der Waals surface area contributed by atoms with Crippen LogP contribution in [0, 0.1) is 0 Å². The van der Waals surface area contributed by atoms with E-state index in [9.17, 15) is 10.2 Å². The Morgan fingerprint density at radius 1 is 1.31 bits per heavy atom. The van der Waals surface area contributed by atoms with Gasteiger partial charge in [-0.1, -0.05) is 17.7 Å². The van der Waals surface area contributed by atoms with Gasteiger partial charge in [0.1, 0.15) is 0 Å². The number of anilines is 1. The topological polar surface area (TPSA) is 43.7 Å². The van der Waals surface area contributed by atoms with Gasteiger partial charge in [-0.15, -0.1) is 0 Å². The van der Waals surface area contributed by atoms with Crippen molar-refractivity contribution in [3.63, 3.8) is 0 Å². The van der Waals surface area contributed by atoms with Crippen LogP contribution in [0.1, 0.15) is 25.5 Å². The van der Waals surface area contributed by atoms with E-state index >= 15 is 0 Å². The van der Waals surface area contributed by atoms with Gasteiger partial charge in [-0.2, -0.15) is 0 Å². The molecule has 0 aliphatic heterocycles. The van der Waals surface area contributed by atoms with Crippen molar-refractivity contribution in [2.24, 2.45) is 0 Å². The van der Waals surface area contributed by atoms with Crippen molar-refractivity contribution in [2.75, 3.05) is 18.5 Å². The van der Waals surface area contributed by atoms with Crippen molar-refractivity contribution < 1.29 is 10.2 Å². The second-order valence-corrected chi connectivity index (χ2v) is 4.52. The van der Waals surface area contributed by atoms with E-state index in [4.69, 9.17) is 11.6 Å². The minimum absolute atomic E-state index is 0.405. The van der Waals surface area contributed by atoms with Gasteiger partial charge in [0.2, 0.25) is 0 Å². The second-order valence-electron chi connectivity index (χ2n) is 4.12. The molecule has 0 spiro atoms. The van der Waals surface area contributed by atoms with Crippen LogP contribution in [0.4, 0.5) is 5.69 Å². The molecule has 0 amide bonds. The summed E-state index contributed by atoms with van der Waals surface area (Å²) in [5.74, 6) is 0. The number of likely N-dealkylation sites (N-methyl/N-ethyl adjacent to an activating group) is 1. The van der Waals surface area contributed by atoms with Crippen LogP contribution >= 0.6 is 11.6 Å². The lowest BCUT2D eigenvalue weighted by Crippen LogP contribution is -2.27. The molecule has 0 saturated carbocycles. The van der Waals surface area contributed by atoms with Gasteiger partial charge >= 0.3 is 0 Å². The molecule has 16 heavy (non-hydrogen) atoms. The van der Waals surface area contributed by atoms with E-state index in [1.807, 2.05) is 24.1 Å². The van der Waals surface area contributed by atoms with E-state index in [1.165, 1.54) is 0 Å². The average molecular weight is 244 g/mol. The van der Waals surface area contributed by atoms with Gasteiger partial charge in [0.25, 0.3) is 0 Å². The minimum atomic E-state index is -0.520. The SMILES string of the molecule is CC(O)CN(C)c1ccc(C(C)O)cc1Cl. The van der Waals surface area contributed by atoms with Crippen LogP contribution in [0.25, 0.3) is 0 Å². The lowest BCUT2D eigenvalue weighted by atomic mass is 10.1. The fraction of sp³-hybridized carbons (Fsp3) is 0.500. The molecule has 1 rings (SSSR count). The van der Waals surface area contributed by atoms with E-state index in [0.717, 1.165) is 11.3 Å². The third kappa shape index (κ3) is 3.37. The maximum Gasteiger partial charge on any atom is 0.0762 e. The third-order valence-electron chi connectivity index (χ3n) is 2.40. The maximum absolute atomic E-state index is 9.41. The molecule has 0 radical (unpaired) electrons. The number of hydrogen-bond acceptors (Lipinski definition) is 3. The summed E-state index contributed by atoms with van der Waals surface area (Å²) in [5, 5.41) is 19.3. The standard InChI is InChI=1S/C12H18ClNO2/c1-8(15)7-14(3)12-5-4-10(9(2)16)6-11(12)13/h4-6,8-9,15-16H,7H2,1-3H3. The molecule has 0 aromatic heterocycles. The first kappa shape index (κ1) is 13.3. The Kier molecular flexibility index (Phi) is 4.59. The highest BCUT2D eigenvalue weighted by Gasteiger charge is 2.10. The highest BCUT2D eigenvalue weighted by molar-refractivity contribution is 6.33. The van der Waals surface area contributed by atoms with Crippen LogP contribution in [0.15, 0.2) is 18.2 Å². The summed E-state index contributed by atoms with van der Waals surface area (Å²) in [6.07, 6.45) is -0.925. The molecule has 3 nitrogen and oxygen atoms in total. The summed E-state index contributed by atoms with van der Waals surface area (Å²) in [6.45, 7) is 3.95. The molecule has 4 heteroatoms.